The van der Waals surface area contributed by atoms with Crippen LogP contribution in [0.4, 0.5) is 4.79 Å². The predicted molar refractivity (Wildman–Crippen MR) is 94.0 cm³/mol. The van der Waals surface area contributed by atoms with E-state index in [0.717, 1.165) is 5.56 Å². The van der Waals surface area contributed by atoms with Gasteiger partial charge in [-0.15, -0.1) is 0 Å². The number of urea groups is 1. The Morgan fingerprint density at radius 2 is 2.00 bits per heavy atom. The topological polar surface area (TPSA) is 81.7 Å². The van der Waals surface area contributed by atoms with Gasteiger partial charge in [0.15, 0.2) is 0 Å². The summed E-state index contributed by atoms with van der Waals surface area (Å²) in [5, 5.41) is 5.54. The molecule has 1 aromatic carbocycles. The van der Waals surface area contributed by atoms with E-state index in [4.69, 9.17) is 14.2 Å². The highest BCUT2D eigenvalue weighted by molar-refractivity contribution is 5.74. The number of methoxy groups -OCH3 is 2. The molecule has 0 aliphatic rings. The van der Waals surface area contributed by atoms with E-state index in [1.807, 2.05) is 31.2 Å². The van der Waals surface area contributed by atoms with E-state index in [9.17, 15) is 4.79 Å². The fourth-order valence-corrected chi connectivity index (χ4v) is 2.11. The van der Waals surface area contributed by atoms with Gasteiger partial charge in [-0.25, -0.2) is 9.78 Å². The van der Waals surface area contributed by atoms with Crippen molar-refractivity contribution in [3.63, 3.8) is 0 Å². The van der Waals surface area contributed by atoms with Gasteiger partial charge >= 0.3 is 6.03 Å². The minimum Gasteiger partial charge on any atom is -0.497 e. The molecule has 7 nitrogen and oxygen atoms in total. The van der Waals surface area contributed by atoms with Crippen LogP contribution in [-0.2, 0) is 11.3 Å². The zero-order valence-corrected chi connectivity index (χ0v) is 14.6. The molecule has 25 heavy (non-hydrogen) atoms. The van der Waals surface area contributed by atoms with Crippen molar-refractivity contribution in [1.82, 2.24) is 15.6 Å². The van der Waals surface area contributed by atoms with Crippen molar-refractivity contribution in [3.8, 4) is 17.4 Å². The standard InChI is InChI=1S/C18H23N3O4/c1-13(12-23-2)21-18(22)20-11-14-7-8-17(19-10-14)25-16-6-4-5-15(9-16)24-3/h4-10,13H,11-12H2,1-3H3,(H2,20,21,22)/t13-/m1/s1. The summed E-state index contributed by atoms with van der Waals surface area (Å²) in [6.45, 7) is 2.71. The molecule has 1 heterocycles. The van der Waals surface area contributed by atoms with Crippen LogP contribution in [0.25, 0.3) is 0 Å². The van der Waals surface area contributed by atoms with Gasteiger partial charge in [0.2, 0.25) is 5.88 Å². The lowest BCUT2D eigenvalue weighted by atomic mass is 10.3. The Morgan fingerprint density at radius 1 is 1.20 bits per heavy atom. The number of rotatable bonds is 8. The van der Waals surface area contributed by atoms with E-state index in [1.165, 1.54) is 0 Å². The minimum atomic E-state index is -0.249. The zero-order chi connectivity index (χ0) is 18.1. The van der Waals surface area contributed by atoms with E-state index in [-0.39, 0.29) is 12.1 Å². The molecular formula is C18H23N3O4. The third-order valence-corrected chi connectivity index (χ3v) is 3.31. The second-order valence-electron chi connectivity index (χ2n) is 5.47. The fourth-order valence-electron chi connectivity index (χ4n) is 2.11. The van der Waals surface area contributed by atoms with Crippen molar-refractivity contribution in [3.05, 3.63) is 48.2 Å². The molecule has 0 aliphatic heterocycles. The fraction of sp³-hybridized carbons (Fsp3) is 0.333. The lowest BCUT2D eigenvalue weighted by Gasteiger charge is -2.13. The largest absolute Gasteiger partial charge is 0.497 e. The first-order chi connectivity index (χ1) is 12.1. The van der Waals surface area contributed by atoms with Gasteiger partial charge in [0.1, 0.15) is 11.5 Å². The number of amides is 2. The molecule has 0 fully saturated rings. The van der Waals surface area contributed by atoms with Gasteiger partial charge in [-0.3, -0.25) is 0 Å². The molecule has 2 aromatic rings. The summed E-state index contributed by atoms with van der Waals surface area (Å²) >= 11 is 0. The lowest BCUT2D eigenvalue weighted by Crippen LogP contribution is -2.42. The van der Waals surface area contributed by atoms with Gasteiger partial charge in [-0.05, 0) is 24.6 Å². The smallest absolute Gasteiger partial charge is 0.315 e. The van der Waals surface area contributed by atoms with Gasteiger partial charge in [-0.2, -0.15) is 0 Å². The first kappa shape index (κ1) is 18.5. The maximum atomic E-state index is 11.7. The summed E-state index contributed by atoms with van der Waals surface area (Å²) in [4.78, 5) is 16.0. The Labute approximate surface area is 147 Å². The van der Waals surface area contributed by atoms with Crippen molar-refractivity contribution < 1.29 is 19.0 Å². The number of carbonyl (C=O) groups excluding carboxylic acids is 1. The molecule has 1 aromatic heterocycles. The average molecular weight is 345 g/mol. The quantitative estimate of drug-likeness (QED) is 0.769. The highest BCUT2D eigenvalue weighted by Gasteiger charge is 2.06. The van der Waals surface area contributed by atoms with E-state index < -0.39 is 0 Å². The molecule has 2 N–H and O–H groups in total. The molecule has 1 atom stereocenters. The Kier molecular flexibility index (Phi) is 7.03. The molecule has 2 amide bonds. The van der Waals surface area contributed by atoms with Crippen LogP contribution < -0.4 is 20.1 Å². The van der Waals surface area contributed by atoms with Crippen LogP contribution in [0, 0.1) is 0 Å². The van der Waals surface area contributed by atoms with Crippen LogP contribution >= 0.6 is 0 Å². The summed E-state index contributed by atoms with van der Waals surface area (Å²) < 4.78 is 15.8. The number of carbonyl (C=O) groups is 1. The van der Waals surface area contributed by atoms with Crippen molar-refractivity contribution in [2.24, 2.45) is 0 Å². The second-order valence-corrected chi connectivity index (χ2v) is 5.47. The number of ether oxygens (including phenoxy) is 3. The van der Waals surface area contributed by atoms with E-state index in [0.29, 0.717) is 30.5 Å². The summed E-state index contributed by atoms with van der Waals surface area (Å²) in [5.41, 5.74) is 0.868. The molecule has 0 aliphatic carbocycles. The second kappa shape index (κ2) is 9.48. The highest BCUT2D eigenvalue weighted by atomic mass is 16.5. The lowest BCUT2D eigenvalue weighted by molar-refractivity contribution is 0.171. The molecule has 0 bridgehead atoms. The first-order valence-electron chi connectivity index (χ1n) is 7.91. The number of hydrogen-bond acceptors (Lipinski definition) is 5. The zero-order valence-electron chi connectivity index (χ0n) is 14.6. The van der Waals surface area contributed by atoms with Gasteiger partial charge in [0, 0.05) is 32.0 Å². The Bertz CT molecular complexity index is 676. The minimum absolute atomic E-state index is 0.0539. The summed E-state index contributed by atoms with van der Waals surface area (Å²) in [5.74, 6) is 1.83. The van der Waals surface area contributed by atoms with E-state index in [2.05, 4.69) is 15.6 Å². The number of nitrogens with zero attached hydrogens (tertiary/aromatic N) is 1. The Hall–Kier alpha value is -2.80. The molecule has 0 saturated heterocycles. The average Bonchev–Trinajstić information content (AvgIpc) is 2.61. The molecule has 0 spiro atoms. The molecule has 7 heteroatoms. The van der Waals surface area contributed by atoms with Crippen LogP contribution in [0.5, 0.6) is 17.4 Å². The molecule has 134 valence electrons. The molecular weight excluding hydrogens is 322 g/mol. The first-order valence-corrected chi connectivity index (χ1v) is 7.91. The molecule has 2 rings (SSSR count). The number of nitrogens with one attached hydrogen (secondary N) is 2. The predicted octanol–water partition coefficient (Wildman–Crippen LogP) is 2.72. The van der Waals surface area contributed by atoms with Crippen molar-refractivity contribution in [1.29, 1.82) is 0 Å². The third kappa shape index (κ3) is 6.31. The van der Waals surface area contributed by atoms with Crippen LogP contribution in [-0.4, -0.2) is 37.9 Å². The maximum absolute atomic E-state index is 11.7. The van der Waals surface area contributed by atoms with Crippen molar-refractivity contribution in [2.45, 2.75) is 19.5 Å². The summed E-state index contributed by atoms with van der Waals surface area (Å²) in [6.07, 6.45) is 1.66. The van der Waals surface area contributed by atoms with Crippen LogP contribution in [0.2, 0.25) is 0 Å². The van der Waals surface area contributed by atoms with Crippen molar-refractivity contribution in [2.75, 3.05) is 20.8 Å². The van der Waals surface area contributed by atoms with Gasteiger partial charge in [0.25, 0.3) is 0 Å². The van der Waals surface area contributed by atoms with Gasteiger partial charge < -0.3 is 24.8 Å². The van der Waals surface area contributed by atoms with Gasteiger partial charge in [0.05, 0.1) is 19.8 Å². The number of hydrogen-bond donors (Lipinski definition) is 2. The summed E-state index contributed by atoms with van der Waals surface area (Å²) in [7, 11) is 3.20. The normalized spacial score (nSPS) is 11.5. The molecule has 0 saturated carbocycles. The number of benzene rings is 1. The highest BCUT2D eigenvalue weighted by Crippen LogP contribution is 2.23. The number of pyridine rings is 1. The monoisotopic (exact) mass is 345 g/mol. The Balaban J connectivity index is 1.84. The van der Waals surface area contributed by atoms with E-state index in [1.54, 1.807) is 32.5 Å². The van der Waals surface area contributed by atoms with Gasteiger partial charge in [-0.1, -0.05) is 12.1 Å². The van der Waals surface area contributed by atoms with Crippen molar-refractivity contribution >= 4 is 6.03 Å². The third-order valence-electron chi connectivity index (χ3n) is 3.31. The van der Waals surface area contributed by atoms with Crippen LogP contribution in [0.1, 0.15) is 12.5 Å². The van der Waals surface area contributed by atoms with Crippen LogP contribution in [0.3, 0.4) is 0 Å². The molecule has 0 radical (unpaired) electrons. The Morgan fingerprint density at radius 3 is 2.68 bits per heavy atom. The SMILES string of the molecule is COC[C@@H](C)NC(=O)NCc1ccc(Oc2cccc(OC)c2)nc1. The maximum Gasteiger partial charge on any atom is 0.315 e. The number of aromatic nitrogens is 1. The van der Waals surface area contributed by atoms with E-state index >= 15 is 0 Å². The van der Waals surface area contributed by atoms with Crippen LogP contribution in [0.15, 0.2) is 42.6 Å². The summed E-state index contributed by atoms with van der Waals surface area (Å²) in [6, 6.07) is 10.6. The molecule has 0 unspecified atom stereocenters.